The molecule has 1 aliphatic rings. The van der Waals surface area contributed by atoms with E-state index in [0.29, 0.717) is 31.5 Å². The molecule has 3 rings (SSSR count). The number of hydrogen-bond acceptors (Lipinski definition) is 6. The van der Waals surface area contributed by atoms with E-state index in [4.69, 9.17) is 9.47 Å². The van der Waals surface area contributed by atoms with Gasteiger partial charge >= 0.3 is 0 Å². The number of amides is 1. The molecular weight excluding hydrogens is 451 g/mol. The highest BCUT2D eigenvalue weighted by Gasteiger charge is 2.29. The number of carbonyl (C=O) groups is 1. The second kappa shape index (κ2) is 9.65. The summed E-state index contributed by atoms with van der Waals surface area (Å²) in [7, 11) is -4.16. The van der Waals surface area contributed by atoms with Crippen molar-refractivity contribution in [1.29, 1.82) is 0 Å². The molecule has 12 heteroatoms. The first-order valence-corrected chi connectivity index (χ1v) is 11.2. The fraction of sp³-hybridized carbons (Fsp3) is 0.350. The normalized spacial score (nSPS) is 14.6. The van der Waals surface area contributed by atoms with Crippen LogP contribution in [0.5, 0.6) is 11.5 Å². The fourth-order valence-corrected chi connectivity index (χ4v) is 4.23. The van der Waals surface area contributed by atoms with Crippen molar-refractivity contribution in [3.8, 4) is 11.5 Å². The van der Waals surface area contributed by atoms with Crippen molar-refractivity contribution in [1.82, 2.24) is 10.1 Å². The van der Waals surface area contributed by atoms with Gasteiger partial charge in [0.2, 0.25) is 10.0 Å². The third-order valence-corrected chi connectivity index (χ3v) is 6.05. The fourth-order valence-electron chi connectivity index (χ4n) is 2.87. The molecule has 32 heavy (non-hydrogen) atoms. The van der Waals surface area contributed by atoms with E-state index < -0.39 is 51.0 Å². The van der Waals surface area contributed by atoms with Crippen molar-refractivity contribution in [2.75, 3.05) is 18.6 Å². The lowest BCUT2D eigenvalue weighted by Crippen LogP contribution is -2.51. The number of sulfonamides is 1. The molecule has 2 aromatic carbocycles. The van der Waals surface area contributed by atoms with Crippen molar-refractivity contribution < 1.29 is 35.9 Å². The molecule has 0 saturated heterocycles. The Kier molecular flexibility index (Phi) is 7.14. The molecule has 3 N–H and O–H groups in total. The summed E-state index contributed by atoms with van der Waals surface area (Å²) in [5, 5.41) is 0. The van der Waals surface area contributed by atoms with Crippen LogP contribution < -0.4 is 25.0 Å². The van der Waals surface area contributed by atoms with E-state index in [2.05, 4.69) is 15.6 Å². The Morgan fingerprint density at radius 2 is 1.69 bits per heavy atom. The average Bonchev–Trinajstić information content (AvgIpc) is 3.00. The number of hydrogen-bond donors (Lipinski definition) is 3. The van der Waals surface area contributed by atoms with Gasteiger partial charge < -0.3 is 9.47 Å². The maximum atomic E-state index is 13.8. The second-order valence-corrected chi connectivity index (χ2v) is 9.05. The summed E-state index contributed by atoms with van der Waals surface area (Å²) >= 11 is 0. The van der Waals surface area contributed by atoms with Gasteiger partial charge in [-0.15, -0.1) is 0 Å². The molecule has 1 heterocycles. The van der Waals surface area contributed by atoms with E-state index in [1.54, 1.807) is 13.8 Å². The third kappa shape index (κ3) is 5.25. The number of rotatable bonds is 7. The molecule has 174 valence electrons. The Balaban J connectivity index is 1.75. The number of anilines is 1. The number of halogens is 3. The molecule has 1 unspecified atom stereocenters. The summed E-state index contributed by atoms with van der Waals surface area (Å²) in [5.74, 6) is -5.31. The van der Waals surface area contributed by atoms with Crippen LogP contribution in [0, 0.1) is 23.4 Å². The number of hydrazine groups is 1. The van der Waals surface area contributed by atoms with Gasteiger partial charge in [0.05, 0.1) is 23.8 Å². The van der Waals surface area contributed by atoms with Crippen molar-refractivity contribution in [3.05, 3.63) is 47.8 Å². The molecule has 1 amide bonds. The van der Waals surface area contributed by atoms with Crippen molar-refractivity contribution in [2.45, 2.75) is 31.2 Å². The molecule has 2 aromatic rings. The van der Waals surface area contributed by atoms with Gasteiger partial charge in [0, 0.05) is 12.5 Å². The molecule has 0 radical (unpaired) electrons. The molecule has 0 aromatic heterocycles. The van der Waals surface area contributed by atoms with Crippen LogP contribution in [0.3, 0.4) is 0 Å². The highest BCUT2D eigenvalue weighted by atomic mass is 32.2. The zero-order valence-corrected chi connectivity index (χ0v) is 18.1. The van der Waals surface area contributed by atoms with E-state index in [1.807, 2.05) is 0 Å². The second-order valence-electron chi connectivity index (χ2n) is 7.34. The predicted molar refractivity (Wildman–Crippen MR) is 109 cm³/mol. The Labute approximate surface area is 183 Å². The van der Waals surface area contributed by atoms with Crippen LogP contribution in [-0.4, -0.2) is 33.6 Å². The number of ether oxygens (including phenoxy) is 2. The van der Waals surface area contributed by atoms with Crippen LogP contribution in [0.15, 0.2) is 35.2 Å². The maximum Gasteiger partial charge on any atom is 0.256 e. The molecular formula is C20H22F3N3O5S. The number of carbonyl (C=O) groups excluding carboxylic acids is 1. The standard InChI is InChI=1S/C20H22F3N3O5S/c1-11(2)19(20(27)25-24-14-6-5-13(21)17(22)18(14)23)26-32(28,29)12-4-7-15-16(10-12)31-9-3-8-30-15/h4-7,10-11,19,24,26H,3,8-9H2,1-2H3,(H,25,27). The smallest absolute Gasteiger partial charge is 0.256 e. The topological polar surface area (TPSA) is 106 Å². The lowest BCUT2D eigenvalue weighted by molar-refractivity contribution is -0.123. The molecule has 0 spiro atoms. The number of benzene rings is 2. The SMILES string of the molecule is CC(C)C(NS(=O)(=O)c1ccc2c(c1)OCCCO2)C(=O)NNc1ccc(F)c(F)c1F. The van der Waals surface area contributed by atoms with E-state index in [0.717, 1.165) is 6.07 Å². The average molecular weight is 473 g/mol. The van der Waals surface area contributed by atoms with Gasteiger partial charge in [0.15, 0.2) is 29.0 Å². The van der Waals surface area contributed by atoms with Crippen molar-refractivity contribution >= 4 is 21.6 Å². The first-order chi connectivity index (χ1) is 15.1. The highest BCUT2D eigenvalue weighted by Crippen LogP contribution is 2.32. The van der Waals surface area contributed by atoms with Crippen LogP contribution >= 0.6 is 0 Å². The molecule has 0 bridgehead atoms. The van der Waals surface area contributed by atoms with Gasteiger partial charge in [0.25, 0.3) is 5.91 Å². The lowest BCUT2D eigenvalue weighted by atomic mass is 10.1. The molecule has 1 aliphatic heterocycles. The van der Waals surface area contributed by atoms with E-state index >= 15 is 0 Å². The van der Waals surface area contributed by atoms with E-state index in [1.165, 1.54) is 18.2 Å². The summed E-state index contributed by atoms with van der Waals surface area (Å²) in [5.41, 5.74) is 3.72. The van der Waals surface area contributed by atoms with Gasteiger partial charge in [0.1, 0.15) is 6.04 Å². The minimum atomic E-state index is -4.16. The third-order valence-electron chi connectivity index (χ3n) is 4.62. The van der Waals surface area contributed by atoms with Gasteiger partial charge in [-0.25, -0.2) is 21.6 Å². The van der Waals surface area contributed by atoms with Crippen LogP contribution in [0.2, 0.25) is 0 Å². The molecule has 0 saturated carbocycles. The van der Waals surface area contributed by atoms with Gasteiger partial charge in [-0.2, -0.15) is 4.72 Å². The monoisotopic (exact) mass is 473 g/mol. The van der Waals surface area contributed by atoms with Crippen LogP contribution in [-0.2, 0) is 14.8 Å². The van der Waals surface area contributed by atoms with Crippen molar-refractivity contribution in [2.24, 2.45) is 5.92 Å². The molecule has 0 fully saturated rings. The Morgan fingerprint density at radius 1 is 1.00 bits per heavy atom. The van der Waals surface area contributed by atoms with E-state index in [-0.39, 0.29) is 10.6 Å². The van der Waals surface area contributed by atoms with Crippen LogP contribution in [0.25, 0.3) is 0 Å². The Hall–Kier alpha value is -2.99. The summed E-state index contributed by atoms with van der Waals surface area (Å²) < 4.78 is 79.2. The first-order valence-electron chi connectivity index (χ1n) is 9.71. The maximum absolute atomic E-state index is 13.8. The van der Waals surface area contributed by atoms with Gasteiger partial charge in [-0.05, 0) is 30.2 Å². The molecule has 1 atom stereocenters. The van der Waals surface area contributed by atoms with Crippen LogP contribution in [0.4, 0.5) is 18.9 Å². The Morgan fingerprint density at radius 3 is 2.38 bits per heavy atom. The number of fused-ring (bicyclic) bond motifs is 1. The quantitative estimate of drug-likeness (QED) is 0.422. The van der Waals surface area contributed by atoms with Gasteiger partial charge in [-0.1, -0.05) is 13.8 Å². The predicted octanol–water partition coefficient (Wildman–Crippen LogP) is 2.71. The Bertz CT molecular complexity index is 1110. The summed E-state index contributed by atoms with van der Waals surface area (Å²) in [6.07, 6.45) is 0.649. The molecule has 8 nitrogen and oxygen atoms in total. The minimum Gasteiger partial charge on any atom is -0.490 e. The zero-order valence-electron chi connectivity index (χ0n) is 17.2. The van der Waals surface area contributed by atoms with Crippen molar-refractivity contribution in [3.63, 3.8) is 0 Å². The largest absolute Gasteiger partial charge is 0.490 e. The van der Waals surface area contributed by atoms with Gasteiger partial charge in [-0.3, -0.25) is 15.6 Å². The van der Waals surface area contributed by atoms with E-state index in [9.17, 15) is 26.4 Å². The lowest BCUT2D eigenvalue weighted by Gasteiger charge is -2.22. The molecule has 0 aliphatic carbocycles. The summed E-state index contributed by atoms with van der Waals surface area (Å²) in [6, 6.07) is 4.39. The summed E-state index contributed by atoms with van der Waals surface area (Å²) in [6.45, 7) is 4.00. The first kappa shape index (κ1) is 23.7. The minimum absolute atomic E-state index is 0.139. The summed E-state index contributed by atoms with van der Waals surface area (Å²) in [4.78, 5) is 12.4. The number of nitrogens with one attached hydrogen (secondary N) is 3. The van der Waals surface area contributed by atoms with Crippen LogP contribution in [0.1, 0.15) is 20.3 Å². The zero-order chi connectivity index (χ0) is 23.5. The highest BCUT2D eigenvalue weighted by molar-refractivity contribution is 7.89.